The lowest BCUT2D eigenvalue weighted by atomic mass is 9.94. The molecule has 26 heavy (non-hydrogen) atoms. The summed E-state index contributed by atoms with van der Waals surface area (Å²) in [5.74, 6) is 1.94. The molecule has 1 saturated carbocycles. The molecule has 1 aromatic rings. The molecule has 1 aliphatic carbocycles. The molecular formula is C19H26N2O3S2. The van der Waals surface area contributed by atoms with Gasteiger partial charge in [0.1, 0.15) is 5.75 Å². The Bertz CT molecular complexity index is 799. The molecule has 0 aromatic heterocycles. The van der Waals surface area contributed by atoms with Gasteiger partial charge in [0.2, 0.25) is 10.0 Å². The SMILES string of the molecule is O=S(=O)(c1ccc2c(c1)CCO2)N1CC2(CC(NC3CCCC3)CS2)C1. The van der Waals surface area contributed by atoms with Crippen molar-refractivity contribution in [1.29, 1.82) is 0 Å². The van der Waals surface area contributed by atoms with Crippen LogP contribution >= 0.6 is 11.8 Å². The van der Waals surface area contributed by atoms with Crippen LogP contribution in [0.15, 0.2) is 23.1 Å². The summed E-state index contributed by atoms with van der Waals surface area (Å²) in [6, 6.07) is 6.52. The maximum Gasteiger partial charge on any atom is 0.243 e. The second-order valence-electron chi connectivity index (χ2n) is 8.18. The summed E-state index contributed by atoms with van der Waals surface area (Å²) in [7, 11) is -3.38. The largest absolute Gasteiger partial charge is 0.493 e. The van der Waals surface area contributed by atoms with E-state index in [2.05, 4.69) is 5.32 Å². The first-order valence-electron chi connectivity index (χ1n) is 9.70. The normalized spacial score (nSPS) is 28.2. The van der Waals surface area contributed by atoms with Gasteiger partial charge in [0.25, 0.3) is 0 Å². The molecule has 5 nitrogen and oxygen atoms in total. The Labute approximate surface area is 159 Å². The van der Waals surface area contributed by atoms with Crippen molar-refractivity contribution in [1.82, 2.24) is 9.62 Å². The molecule has 1 N–H and O–H groups in total. The van der Waals surface area contributed by atoms with E-state index in [1.807, 2.05) is 11.8 Å². The number of ether oxygens (including phenoxy) is 1. The van der Waals surface area contributed by atoms with E-state index in [1.165, 1.54) is 25.7 Å². The van der Waals surface area contributed by atoms with E-state index in [9.17, 15) is 8.42 Å². The molecule has 1 atom stereocenters. The molecule has 142 valence electrons. The Kier molecular flexibility index (Phi) is 4.27. The van der Waals surface area contributed by atoms with E-state index >= 15 is 0 Å². The van der Waals surface area contributed by atoms with Crippen LogP contribution in [0.5, 0.6) is 5.75 Å². The van der Waals surface area contributed by atoms with Crippen LogP contribution in [0.1, 0.15) is 37.7 Å². The number of hydrogen-bond acceptors (Lipinski definition) is 5. The fraction of sp³-hybridized carbons (Fsp3) is 0.684. The van der Waals surface area contributed by atoms with Crippen molar-refractivity contribution in [3.63, 3.8) is 0 Å². The zero-order chi connectivity index (χ0) is 17.8. The topological polar surface area (TPSA) is 58.6 Å². The first kappa shape index (κ1) is 17.3. The highest BCUT2D eigenvalue weighted by molar-refractivity contribution is 8.01. The molecule has 0 radical (unpaired) electrons. The molecule has 0 bridgehead atoms. The van der Waals surface area contributed by atoms with Gasteiger partial charge in [-0.2, -0.15) is 16.1 Å². The van der Waals surface area contributed by atoms with Crippen molar-refractivity contribution >= 4 is 21.8 Å². The lowest BCUT2D eigenvalue weighted by Crippen LogP contribution is -2.61. The van der Waals surface area contributed by atoms with Crippen LogP contribution in [0.4, 0.5) is 0 Å². The molecular weight excluding hydrogens is 368 g/mol. The number of thioether (sulfide) groups is 1. The lowest BCUT2D eigenvalue weighted by molar-refractivity contribution is 0.216. The van der Waals surface area contributed by atoms with Crippen LogP contribution in [0.2, 0.25) is 0 Å². The summed E-state index contributed by atoms with van der Waals surface area (Å²) in [6.45, 7) is 1.95. The van der Waals surface area contributed by atoms with Gasteiger partial charge in [0.05, 0.1) is 11.5 Å². The van der Waals surface area contributed by atoms with Crippen LogP contribution in [-0.2, 0) is 16.4 Å². The highest BCUT2D eigenvalue weighted by Crippen LogP contribution is 2.47. The smallest absolute Gasteiger partial charge is 0.243 e. The van der Waals surface area contributed by atoms with Gasteiger partial charge in [-0.05, 0) is 43.0 Å². The fourth-order valence-corrected chi connectivity index (χ4v) is 8.25. The summed E-state index contributed by atoms with van der Waals surface area (Å²) >= 11 is 1.97. The van der Waals surface area contributed by atoms with E-state index in [4.69, 9.17) is 4.74 Å². The van der Waals surface area contributed by atoms with E-state index in [0.717, 1.165) is 29.9 Å². The Morgan fingerprint density at radius 2 is 2.00 bits per heavy atom. The monoisotopic (exact) mass is 394 g/mol. The van der Waals surface area contributed by atoms with Crippen LogP contribution < -0.4 is 10.1 Å². The van der Waals surface area contributed by atoms with Crippen molar-refractivity contribution in [2.45, 2.75) is 60.3 Å². The number of nitrogens with zero attached hydrogens (tertiary/aromatic N) is 1. The van der Waals surface area contributed by atoms with Gasteiger partial charge in [0.15, 0.2) is 0 Å². The first-order valence-corrected chi connectivity index (χ1v) is 12.1. The highest BCUT2D eigenvalue weighted by Gasteiger charge is 2.53. The van der Waals surface area contributed by atoms with Crippen LogP contribution in [0, 0.1) is 0 Å². The fourth-order valence-electron chi connectivity index (χ4n) is 4.84. The van der Waals surface area contributed by atoms with Crippen molar-refractivity contribution in [2.24, 2.45) is 0 Å². The van der Waals surface area contributed by atoms with Crippen molar-refractivity contribution < 1.29 is 13.2 Å². The molecule has 1 aromatic carbocycles. The molecule has 1 spiro atoms. The number of benzene rings is 1. The summed E-state index contributed by atoms with van der Waals surface area (Å²) in [4.78, 5) is 0.417. The van der Waals surface area contributed by atoms with Crippen LogP contribution in [-0.4, -0.2) is 55.0 Å². The molecule has 1 unspecified atom stereocenters. The highest BCUT2D eigenvalue weighted by atomic mass is 32.2. The minimum atomic E-state index is -3.38. The lowest BCUT2D eigenvalue weighted by Gasteiger charge is -2.46. The van der Waals surface area contributed by atoms with Crippen molar-refractivity contribution in [3.05, 3.63) is 23.8 Å². The zero-order valence-corrected chi connectivity index (χ0v) is 16.6. The quantitative estimate of drug-likeness (QED) is 0.850. The standard InChI is InChI=1S/C19H26N2O3S2/c22-26(23,17-5-6-18-14(9-17)7-8-24-18)21-12-19(13-21)10-16(11-25-19)20-15-3-1-2-4-15/h5-6,9,15-16,20H,1-4,7-8,10-13H2. The Hall–Kier alpha value is -0.760. The summed E-state index contributed by atoms with van der Waals surface area (Å²) in [5, 5.41) is 3.81. The van der Waals surface area contributed by atoms with Crippen molar-refractivity contribution in [3.8, 4) is 5.75 Å². The molecule has 5 rings (SSSR count). The predicted octanol–water partition coefficient (Wildman–Crippen LogP) is 2.40. The average molecular weight is 395 g/mol. The third kappa shape index (κ3) is 2.97. The van der Waals surface area contributed by atoms with Crippen LogP contribution in [0.3, 0.4) is 0 Å². The molecule has 3 heterocycles. The number of fused-ring (bicyclic) bond motifs is 1. The number of sulfonamides is 1. The van der Waals surface area contributed by atoms with Gasteiger partial charge < -0.3 is 10.1 Å². The Morgan fingerprint density at radius 3 is 2.81 bits per heavy atom. The molecule has 7 heteroatoms. The average Bonchev–Trinajstić information content (AvgIpc) is 3.33. The number of nitrogens with one attached hydrogen (secondary N) is 1. The zero-order valence-electron chi connectivity index (χ0n) is 14.9. The molecule has 2 saturated heterocycles. The molecule has 3 aliphatic heterocycles. The Balaban J connectivity index is 1.23. The van der Waals surface area contributed by atoms with Crippen molar-refractivity contribution in [2.75, 3.05) is 25.4 Å². The number of rotatable bonds is 4. The minimum absolute atomic E-state index is 0.128. The predicted molar refractivity (Wildman–Crippen MR) is 103 cm³/mol. The van der Waals surface area contributed by atoms with Gasteiger partial charge in [-0.15, -0.1) is 0 Å². The van der Waals surface area contributed by atoms with Gasteiger partial charge >= 0.3 is 0 Å². The molecule has 3 fully saturated rings. The maximum atomic E-state index is 13.0. The van der Waals surface area contributed by atoms with E-state index in [0.29, 0.717) is 36.7 Å². The summed E-state index contributed by atoms with van der Waals surface area (Å²) in [5.41, 5.74) is 1.01. The third-order valence-electron chi connectivity index (χ3n) is 6.26. The third-order valence-corrected chi connectivity index (χ3v) is 9.66. The van der Waals surface area contributed by atoms with E-state index in [1.54, 1.807) is 22.5 Å². The number of hydrogen-bond donors (Lipinski definition) is 1. The first-order chi connectivity index (χ1) is 12.5. The van der Waals surface area contributed by atoms with Gasteiger partial charge in [-0.25, -0.2) is 8.42 Å². The van der Waals surface area contributed by atoms with Gasteiger partial charge in [-0.3, -0.25) is 0 Å². The van der Waals surface area contributed by atoms with Gasteiger partial charge in [-0.1, -0.05) is 12.8 Å². The summed E-state index contributed by atoms with van der Waals surface area (Å²) < 4.78 is 33.2. The molecule has 0 amide bonds. The second-order valence-corrected chi connectivity index (χ2v) is 11.6. The Morgan fingerprint density at radius 1 is 1.19 bits per heavy atom. The maximum absolute atomic E-state index is 13.0. The van der Waals surface area contributed by atoms with E-state index < -0.39 is 10.0 Å². The van der Waals surface area contributed by atoms with E-state index in [-0.39, 0.29) is 4.75 Å². The molecule has 4 aliphatic rings. The summed E-state index contributed by atoms with van der Waals surface area (Å²) in [6.07, 6.45) is 7.19. The minimum Gasteiger partial charge on any atom is -0.493 e. The second kappa shape index (κ2) is 6.40. The van der Waals surface area contributed by atoms with Gasteiger partial charge in [0, 0.05) is 42.1 Å². The van der Waals surface area contributed by atoms with Crippen LogP contribution in [0.25, 0.3) is 0 Å².